The molecule has 0 saturated heterocycles. The summed E-state index contributed by atoms with van der Waals surface area (Å²) in [6.45, 7) is 1.49. The summed E-state index contributed by atoms with van der Waals surface area (Å²) < 4.78 is 5.50. The van der Waals surface area contributed by atoms with Gasteiger partial charge < -0.3 is 4.74 Å². The van der Waals surface area contributed by atoms with Crippen molar-refractivity contribution in [1.29, 1.82) is 0 Å². The molecule has 0 bridgehead atoms. The molecule has 0 spiro atoms. The van der Waals surface area contributed by atoms with Crippen LogP contribution in [0.4, 0.5) is 11.6 Å². The number of thioether (sulfide) groups is 1. The van der Waals surface area contributed by atoms with E-state index in [4.69, 9.17) is 10.6 Å². The molecule has 0 aliphatic carbocycles. The summed E-state index contributed by atoms with van der Waals surface area (Å²) in [5, 5.41) is 11.1. The molecule has 21 heavy (non-hydrogen) atoms. The van der Waals surface area contributed by atoms with Crippen LogP contribution in [0.3, 0.4) is 0 Å². The zero-order chi connectivity index (χ0) is 15.4. The van der Waals surface area contributed by atoms with Crippen molar-refractivity contribution in [2.45, 2.75) is 11.8 Å². The van der Waals surface area contributed by atoms with Crippen molar-refractivity contribution >= 4 is 23.4 Å². The number of hydrazine groups is 1. The second-order valence-electron chi connectivity index (χ2n) is 3.97. The van der Waals surface area contributed by atoms with Crippen LogP contribution in [0.15, 0.2) is 29.2 Å². The summed E-state index contributed by atoms with van der Waals surface area (Å²) in [5.74, 6) is 5.58. The number of anilines is 1. The molecule has 0 aliphatic heterocycles. The average Bonchev–Trinajstić information content (AvgIpc) is 2.47. The van der Waals surface area contributed by atoms with Crippen LogP contribution < -0.4 is 16.0 Å². The zero-order valence-corrected chi connectivity index (χ0v) is 12.2. The van der Waals surface area contributed by atoms with E-state index in [-0.39, 0.29) is 23.2 Å². The highest BCUT2D eigenvalue weighted by atomic mass is 32.2. The molecule has 0 radical (unpaired) electrons. The molecular formula is C12H13N5O3S. The molecule has 1 aromatic heterocycles. The van der Waals surface area contributed by atoms with Gasteiger partial charge in [-0.1, -0.05) is 0 Å². The highest BCUT2D eigenvalue weighted by Crippen LogP contribution is 2.32. The van der Waals surface area contributed by atoms with Crippen molar-refractivity contribution in [2.75, 3.05) is 11.7 Å². The van der Waals surface area contributed by atoms with Gasteiger partial charge in [0.2, 0.25) is 5.95 Å². The van der Waals surface area contributed by atoms with Gasteiger partial charge in [-0.05, 0) is 37.4 Å². The minimum absolute atomic E-state index is 0.0498. The predicted molar refractivity (Wildman–Crippen MR) is 79.5 cm³/mol. The Morgan fingerprint density at radius 2 is 2.00 bits per heavy atom. The van der Waals surface area contributed by atoms with Gasteiger partial charge in [0.1, 0.15) is 11.4 Å². The fourth-order valence-corrected chi connectivity index (χ4v) is 2.05. The molecule has 8 nitrogen and oxygen atoms in total. The Morgan fingerprint density at radius 3 is 2.52 bits per heavy atom. The van der Waals surface area contributed by atoms with Crippen molar-refractivity contribution in [3.05, 3.63) is 40.1 Å². The topological polar surface area (TPSA) is 116 Å². The maximum absolute atomic E-state index is 11.1. The summed E-state index contributed by atoms with van der Waals surface area (Å²) >= 11 is 1.58. The van der Waals surface area contributed by atoms with Crippen LogP contribution in [0, 0.1) is 17.0 Å². The van der Waals surface area contributed by atoms with Gasteiger partial charge >= 0.3 is 11.6 Å². The van der Waals surface area contributed by atoms with Crippen molar-refractivity contribution in [2.24, 2.45) is 5.84 Å². The number of hydrogen-bond acceptors (Lipinski definition) is 8. The van der Waals surface area contributed by atoms with E-state index in [2.05, 4.69) is 15.4 Å². The highest BCUT2D eigenvalue weighted by molar-refractivity contribution is 7.98. The van der Waals surface area contributed by atoms with Gasteiger partial charge in [0.05, 0.1) is 4.92 Å². The summed E-state index contributed by atoms with van der Waals surface area (Å²) in [6, 6.07) is 7.12. The lowest BCUT2D eigenvalue weighted by Gasteiger charge is -2.08. The van der Waals surface area contributed by atoms with Crippen molar-refractivity contribution in [3.63, 3.8) is 0 Å². The number of ether oxygens (including phenoxy) is 1. The van der Waals surface area contributed by atoms with Gasteiger partial charge in [0.15, 0.2) is 0 Å². The van der Waals surface area contributed by atoms with Gasteiger partial charge in [0, 0.05) is 4.90 Å². The van der Waals surface area contributed by atoms with Gasteiger partial charge in [-0.3, -0.25) is 15.5 Å². The molecule has 1 aromatic carbocycles. The number of nitrogens with one attached hydrogen (secondary N) is 1. The van der Waals surface area contributed by atoms with Crippen LogP contribution in [0.5, 0.6) is 11.6 Å². The Labute approximate surface area is 124 Å². The van der Waals surface area contributed by atoms with E-state index in [1.807, 2.05) is 18.4 Å². The molecule has 3 N–H and O–H groups in total. The van der Waals surface area contributed by atoms with Crippen molar-refractivity contribution < 1.29 is 9.66 Å². The number of nitro groups is 1. The van der Waals surface area contributed by atoms with Crippen LogP contribution in [-0.4, -0.2) is 21.1 Å². The third kappa shape index (κ3) is 3.38. The number of aromatic nitrogens is 2. The monoisotopic (exact) mass is 307 g/mol. The Hall–Kier alpha value is -2.39. The minimum atomic E-state index is -0.582. The number of nitrogens with two attached hydrogens (primary N) is 1. The molecule has 9 heteroatoms. The van der Waals surface area contributed by atoms with Crippen LogP contribution in [0.1, 0.15) is 5.69 Å². The first kappa shape index (κ1) is 15.0. The Balaban J connectivity index is 2.41. The van der Waals surface area contributed by atoms with E-state index in [1.165, 1.54) is 6.92 Å². The fraction of sp³-hybridized carbons (Fsp3) is 0.167. The number of rotatable bonds is 5. The first-order valence-electron chi connectivity index (χ1n) is 5.86. The molecule has 0 aliphatic rings. The summed E-state index contributed by atoms with van der Waals surface area (Å²) in [4.78, 5) is 19.4. The van der Waals surface area contributed by atoms with Crippen LogP contribution in [-0.2, 0) is 0 Å². The molecular weight excluding hydrogens is 294 g/mol. The first-order valence-corrected chi connectivity index (χ1v) is 7.09. The smallest absolute Gasteiger partial charge is 0.352 e. The second-order valence-corrected chi connectivity index (χ2v) is 4.85. The number of nitrogen functional groups attached to an aromatic ring is 1. The number of nitrogens with zero attached hydrogens (tertiary/aromatic N) is 3. The normalized spacial score (nSPS) is 10.2. The standard InChI is InChI=1S/C12H13N5O3S/c1-7-10(17(18)19)11(15-12(14-7)16-13)20-8-3-5-9(21-2)6-4-8/h3-6H,13H2,1-2H3,(H,14,15,16). The van der Waals surface area contributed by atoms with Crippen LogP contribution in [0.25, 0.3) is 0 Å². The van der Waals surface area contributed by atoms with E-state index in [9.17, 15) is 10.1 Å². The molecule has 0 unspecified atom stereocenters. The van der Waals surface area contributed by atoms with Crippen molar-refractivity contribution in [3.8, 4) is 11.6 Å². The Bertz CT molecular complexity index is 663. The molecule has 2 rings (SSSR count). The van der Waals surface area contributed by atoms with E-state index in [0.717, 1.165) is 4.90 Å². The third-order valence-electron chi connectivity index (χ3n) is 2.61. The number of aryl methyl sites for hydroxylation is 1. The number of benzene rings is 1. The SMILES string of the molecule is CSc1ccc(Oc2nc(NN)nc(C)c2[N+](=O)[O-])cc1. The molecule has 110 valence electrons. The highest BCUT2D eigenvalue weighted by Gasteiger charge is 2.24. The molecule has 0 fully saturated rings. The summed E-state index contributed by atoms with van der Waals surface area (Å²) in [5.41, 5.74) is 2.13. The van der Waals surface area contributed by atoms with E-state index in [0.29, 0.717) is 5.75 Å². The largest absolute Gasteiger partial charge is 0.434 e. The lowest BCUT2D eigenvalue weighted by molar-refractivity contribution is -0.386. The fourth-order valence-electron chi connectivity index (χ4n) is 1.64. The average molecular weight is 307 g/mol. The van der Waals surface area contributed by atoms with Crippen LogP contribution >= 0.6 is 11.8 Å². The molecule has 0 saturated carbocycles. The third-order valence-corrected chi connectivity index (χ3v) is 3.36. The Kier molecular flexibility index (Phi) is 4.55. The quantitative estimate of drug-likeness (QED) is 0.374. The maximum atomic E-state index is 11.1. The van der Waals surface area contributed by atoms with Gasteiger partial charge in [-0.25, -0.2) is 10.8 Å². The van der Waals surface area contributed by atoms with Gasteiger partial charge in [-0.15, -0.1) is 11.8 Å². The minimum Gasteiger partial charge on any atom is -0.434 e. The summed E-state index contributed by atoms with van der Waals surface area (Å²) in [6.07, 6.45) is 1.95. The van der Waals surface area contributed by atoms with Gasteiger partial charge in [0.25, 0.3) is 0 Å². The maximum Gasteiger partial charge on any atom is 0.352 e. The predicted octanol–water partition coefficient (Wildman–Crippen LogP) is 2.49. The lowest BCUT2D eigenvalue weighted by atomic mass is 10.3. The van der Waals surface area contributed by atoms with E-state index in [1.54, 1.807) is 23.9 Å². The zero-order valence-electron chi connectivity index (χ0n) is 11.4. The first-order chi connectivity index (χ1) is 10.0. The summed E-state index contributed by atoms with van der Waals surface area (Å²) in [7, 11) is 0. The number of hydrogen-bond donors (Lipinski definition) is 2. The van der Waals surface area contributed by atoms with Gasteiger partial charge in [-0.2, -0.15) is 4.98 Å². The lowest BCUT2D eigenvalue weighted by Crippen LogP contribution is -2.12. The Morgan fingerprint density at radius 1 is 1.33 bits per heavy atom. The second kappa shape index (κ2) is 6.37. The molecule has 1 heterocycles. The molecule has 2 aromatic rings. The molecule has 0 atom stereocenters. The van der Waals surface area contributed by atoms with Crippen molar-refractivity contribution in [1.82, 2.24) is 9.97 Å². The molecule has 0 amide bonds. The van der Waals surface area contributed by atoms with E-state index < -0.39 is 4.92 Å². The van der Waals surface area contributed by atoms with Crippen LogP contribution in [0.2, 0.25) is 0 Å². The van der Waals surface area contributed by atoms with E-state index >= 15 is 0 Å².